The monoisotopic (exact) mass is 433 g/mol. The number of halogens is 2. The second-order valence-corrected chi connectivity index (χ2v) is 8.44. The molecule has 1 aromatic heterocycles. The SMILES string of the molecule is Cc1cc(CNC(=O)N(C2CC2)C2CCCN(c3cc(=O)cn[nH]3)C2)c(F)cc1Cl. The van der Waals surface area contributed by atoms with E-state index in [1.54, 1.807) is 6.07 Å². The minimum absolute atomic E-state index is 0.0201. The molecular weight excluding hydrogens is 409 g/mol. The lowest BCUT2D eigenvalue weighted by Gasteiger charge is -2.40. The standard InChI is InChI=1S/C21H25ClFN5O2/c1-13-7-14(19(23)9-18(13)22)10-24-21(30)28(15-4-5-15)16-3-2-6-27(12-16)20-8-17(29)11-25-26-20/h7-9,11,15-16H,2-6,10,12H2,1H3,(H,24,30)(H,26,29). The molecule has 2 N–H and O–H groups in total. The number of carbonyl (C=O) groups excluding carboxylic acids is 1. The Balaban J connectivity index is 1.45. The number of benzene rings is 1. The molecule has 1 unspecified atom stereocenters. The van der Waals surface area contributed by atoms with Gasteiger partial charge in [0.15, 0.2) is 0 Å². The van der Waals surface area contributed by atoms with Crippen LogP contribution in [0.1, 0.15) is 36.8 Å². The van der Waals surface area contributed by atoms with Crippen LogP contribution in [-0.4, -0.2) is 46.3 Å². The summed E-state index contributed by atoms with van der Waals surface area (Å²) in [4.78, 5) is 28.6. The summed E-state index contributed by atoms with van der Waals surface area (Å²) >= 11 is 5.96. The molecule has 2 amide bonds. The van der Waals surface area contributed by atoms with Gasteiger partial charge < -0.3 is 15.1 Å². The second kappa shape index (κ2) is 8.63. The van der Waals surface area contributed by atoms with E-state index < -0.39 is 5.82 Å². The van der Waals surface area contributed by atoms with Crippen LogP contribution in [0, 0.1) is 12.7 Å². The average Bonchev–Trinajstić information content (AvgIpc) is 3.55. The number of hydrogen-bond acceptors (Lipinski definition) is 4. The quantitative estimate of drug-likeness (QED) is 0.758. The van der Waals surface area contributed by atoms with Crippen molar-refractivity contribution in [1.29, 1.82) is 0 Å². The number of nitrogens with one attached hydrogen (secondary N) is 2. The van der Waals surface area contributed by atoms with Crippen LogP contribution in [0.2, 0.25) is 5.02 Å². The molecule has 30 heavy (non-hydrogen) atoms. The van der Waals surface area contributed by atoms with Crippen LogP contribution in [0.3, 0.4) is 0 Å². The Morgan fingerprint density at radius 3 is 2.87 bits per heavy atom. The first-order valence-corrected chi connectivity index (χ1v) is 10.6. The Morgan fingerprint density at radius 1 is 1.33 bits per heavy atom. The van der Waals surface area contributed by atoms with E-state index in [9.17, 15) is 14.0 Å². The number of amides is 2. The Kier molecular flexibility index (Phi) is 5.94. The Morgan fingerprint density at radius 2 is 2.13 bits per heavy atom. The minimum Gasteiger partial charge on any atom is -0.355 e. The number of carbonyl (C=O) groups is 1. The highest BCUT2D eigenvalue weighted by Gasteiger charge is 2.39. The lowest BCUT2D eigenvalue weighted by Crippen LogP contribution is -2.54. The molecule has 160 valence electrons. The van der Waals surface area contributed by atoms with Crippen LogP contribution in [0.25, 0.3) is 0 Å². The summed E-state index contributed by atoms with van der Waals surface area (Å²) in [7, 11) is 0. The molecular formula is C21H25ClFN5O2. The van der Waals surface area contributed by atoms with Crippen molar-refractivity contribution in [3.63, 3.8) is 0 Å². The summed E-state index contributed by atoms with van der Waals surface area (Å²) < 4.78 is 14.2. The fourth-order valence-electron chi connectivity index (χ4n) is 4.03. The number of rotatable bonds is 5. The van der Waals surface area contributed by atoms with Crippen molar-refractivity contribution in [2.45, 2.75) is 51.2 Å². The van der Waals surface area contributed by atoms with Gasteiger partial charge in [-0.1, -0.05) is 11.6 Å². The molecule has 0 spiro atoms. The average molecular weight is 434 g/mol. The van der Waals surface area contributed by atoms with Crippen LogP contribution in [0.4, 0.5) is 15.0 Å². The number of nitrogens with zero attached hydrogens (tertiary/aromatic N) is 3. The largest absolute Gasteiger partial charge is 0.355 e. The van der Waals surface area contributed by atoms with Crippen molar-refractivity contribution in [3.05, 3.63) is 56.6 Å². The van der Waals surface area contributed by atoms with Crippen LogP contribution in [-0.2, 0) is 6.54 Å². The first-order valence-electron chi connectivity index (χ1n) is 10.2. The van der Waals surface area contributed by atoms with Crippen molar-refractivity contribution >= 4 is 23.4 Å². The van der Waals surface area contributed by atoms with Gasteiger partial charge in [-0.25, -0.2) is 9.18 Å². The number of H-pyrrole nitrogens is 1. The molecule has 2 aliphatic rings. The van der Waals surface area contributed by atoms with Gasteiger partial charge in [0.05, 0.1) is 12.2 Å². The molecule has 2 aromatic rings. The van der Waals surface area contributed by atoms with E-state index in [1.165, 1.54) is 18.3 Å². The zero-order chi connectivity index (χ0) is 21.3. The van der Waals surface area contributed by atoms with Gasteiger partial charge in [0, 0.05) is 42.3 Å². The van der Waals surface area contributed by atoms with E-state index in [2.05, 4.69) is 20.4 Å². The highest BCUT2D eigenvalue weighted by molar-refractivity contribution is 6.31. The molecule has 1 saturated carbocycles. The molecule has 1 atom stereocenters. The third kappa shape index (κ3) is 4.59. The number of urea groups is 1. The first kappa shape index (κ1) is 20.7. The lowest BCUT2D eigenvalue weighted by molar-refractivity contribution is 0.160. The Hall–Kier alpha value is -2.61. The normalized spacial score (nSPS) is 18.9. The third-order valence-corrected chi connectivity index (χ3v) is 6.12. The molecule has 4 rings (SSSR count). The molecule has 1 saturated heterocycles. The predicted octanol–water partition coefficient (Wildman–Crippen LogP) is 3.21. The van der Waals surface area contributed by atoms with E-state index >= 15 is 0 Å². The molecule has 7 nitrogen and oxygen atoms in total. The summed E-state index contributed by atoms with van der Waals surface area (Å²) in [6.07, 6.45) is 4.99. The summed E-state index contributed by atoms with van der Waals surface area (Å²) in [5.41, 5.74) is 1.04. The van der Waals surface area contributed by atoms with Crippen LogP contribution < -0.4 is 15.6 Å². The third-order valence-electron chi connectivity index (χ3n) is 5.71. The van der Waals surface area contributed by atoms with Gasteiger partial charge in [-0.15, -0.1) is 0 Å². The number of piperidine rings is 1. The molecule has 1 aliphatic carbocycles. The van der Waals surface area contributed by atoms with Crippen molar-refractivity contribution in [2.24, 2.45) is 0 Å². The van der Waals surface area contributed by atoms with Gasteiger partial charge in [-0.05, 0) is 50.3 Å². The van der Waals surface area contributed by atoms with Gasteiger partial charge in [-0.2, -0.15) is 5.10 Å². The Labute approximate surface area is 179 Å². The van der Waals surface area contributed by atoms with Crippen LogP contribution in [0.15, 0.2) is 29.2 Å². The zero-order valence-electron chi connectivity index (χ0n) is 16.8. The van der Waals surface area contributed by atoms with E-state index in [0.29, 0.717) is 22.9 Å². The van der Waals surface area contributed by atoms with E-state index in [1.807, 2.05) is 11.8 Å². The number of aromatic nitrogens is 2. The fraction of sp³-hybridized carbons (Fsp3) is 0.476. The highest BCUT2D eigenvalue weighted by Crippen LogP contribution is 2.32. The molecule has 0 bridgehead atoms. The summed E-state index contributed by atoms with van der Waals surface area (Å²) in [6, 6.07) is 4.52. The summed E-state index contributed by atoms with van der Waals surface area (Å²) in [5.74, 6) is 0.246. The number of anilines is 1. The zero-order valence-corrected chi connectivity index (χ0v) is 17.6. The molecule has 9 heteroatoms. The van der Waals surface area contributed by atoms with Crippen LogP contribution in [0.5, 0.6) is 0 Å². The molecule has 1 aromatic carbocycles. The van der Waals surface area contributed by atoms with Crippen molar-refractivity contribution in [3.8, 4) is 0 Å². The molecule has 2 fully saturated rings. The number of aryl methyl sites for hydroxylation is 1. The highest BCUT2D eigenvalue weighted by atomic mass is 35.5. The topological polar surface area (TPSA) is 81.3 Å². The van der Waals surface area contributed by atoms with Gasteiger partial charge in [-0.3, -0.25) is 9.89 Å². The van der Waals surface area contributed by atoms with Gasteiger partial charge in [0.1, 0.15) is 11.6 Å². The predicted molar refractivity (Wildman–Crippen MR) is 113 cm³/mol. The van der Waals surface area contributed by atoms with E-state index in [-0.39, 0.29) is 30.1 Å². The first-order chi connectivity index (χ1) is 14.4. The molecule has 1 aliphatic heterocycles. The van der Waals surface area contributed by atoms with Gasteiger partial charge >= 0.3 is 6.03 Å². The minimum atomic E-state index is -0.423. The number of hydrogen-bond donors (Lipinski definition) is 2. The maximum Gasteiger partial charge on any atom is 0.318 e. The fourth-order valence-corrected chi connectivity index (χ4v) is 4.18. The molecule has 0 radical (unpaired) electrons. The number of aromatic amines is 1. The van der Waals surface area contributed by atoms with Crippen molar-refractivity contribution < 1.29 is 9.18 Å². The lowest BCUT2D eigenvalue weighted by atomic mass is 10.0. The van der Waals surface area contributed by atoms with Gasteiger partial charge in [0.25, 0.3) is 0 Å². The smallest absolute Gasteiger partial charge is 0.318 e. The van der Waals surface area contributed by atoms with E-state index in [0.717, 1.165) is 37.8 Å². The maximum absolute atomic E-state index is 14.2. The van der Waals surface area contributed by atoms with Crippen molar-refractivity contribution in [1.82, 2.24) is 20.4 Å². The maximum atomic E-state index is 14.2. The van der Waals surface area contributed by atoms with Gasteiger partial charge in [0.2, 0.25) is 5.43 Å². The van der Waals surface area contributed by atoms with E-state index in [4.69, 9.17) is 11.6 Å². The van der Waals surface area contributed by atoms with Crippen LogP contribution >= 0.6 is 11.6 Å². The van der Waals surface area contributed by atoms with Crippen molar-refractivity contribution in [2.75, 3.05) is 18.0 Å². The second-order valence-electron chi connectivity index (χ2n) is 8.03. The molecule has 2 heterocycles. The summed E-state index contributed by atoms with van der Waals surface area (Å²) in [6.45, 7) is 3.34. The summed E-state index contributed by atoms with van der Waals surface area (Å²) in [5, 5.41) is 10.0. The Bertz CT molecular complexity index is 994.